The lowest BCUT2D eigenvalue weighted by atomic mass is 9.95. The Morgan fingerprint density at radius 1 is 0.795 bits per heavy atom. The summed E-state index contributed by atoms with van der Waals surface area (Å²) in [5.74, 6) is 0. The van der Waals surface area contributed by atoms with Crippen molar-refractivity contribution in [1.29, 1.82) is 0 Å². The average Bonchev–Trinajstić information content (AvgIpc) is 3.40. The molecule has 8 heteroatoms. The third-order valence-corrected chi connectivity index (χ3v) is 8.04. The zero-order valence-electron chi connectivity index (χ0n) is 22.3. The fraction of sp³-hybridized carbons (Fsp3) is 0.387. The molecule has 0 saturated carbocycles. The molecule has 6 atom stereocenters. The molecule has 6 nitrogen and oxygen atoms in total. The first-order valence-corrected chi connectivity index (χ1v) is 14.1. The van der Waals surface area contributed by atoms with Gasteiger partial charge in [0.1, 0.15) is 23.7 Å². The SMILES string of the molecule is CN(C)C1=N[C@@H]2[C@@H](OCc3ccccc3)[C@@H](OCc3ccccc3)[C@H](C[C@@H](F)OCc3ccccc3)O[C@@H]2S1. The summed E-state index contributed by atoms with van der Waals surface area (Å²) in [6, 6.07) is 29.3. The molecule has 0 amide bonds. The molecule has 2 aliphatic heterocycles. The van der Waals surface area contributed by atoms with Crippen molar-refractivity contribution < 1.29 is 23.3 Å². The first-order valence-electron chi connectivity index (χ1n) is 13.2. The van der Waals surface area contributed by atoms with Gasteiger partial charge in [-0.05, 0) is 16.7 Å². The molecule has 2 aliphatic rings. The molecule has 2 heterocycles. The zero-order chi connectivity index (χ0) is 27.0. The van der Waals surface area contributed by atoms with E-state index in [-0.39, 0.29) is 24.5 Å². The van der Waals surface area contributed by atoms with Crippen molar-refractivity contribution in [1.82, 2.24) is 4.90 Å². The minimum atomic E-state index is -1.52. The molecule has 0 unspecified atom stereocenters. The topological polar surface area (TPSA) is 52.5 Å². The van der Waals surface area contributed by atoms with Crippen LogP contribution in [-0.2, 0) is 38.8 Å². The van der Waals surface area contributed by atoms with Crippen LogP contribution in [0.25, 0.3) is 0 Å². The highest BCUT2D eigenvalue weighted by molar-refractivity contribution is 8.14. The number of halogens is 1. The Morgan fingerprint density at radius 3 is 1.85 bits per heavy atom. The number of aliphatic imine (C=N–C) groups is 1. The van der Waals surface area contributed by atoms with E-state index in [1.165, 1.54) is 0 Å². The fourth-order valence-electron chi connectivity index (χ4n) is 4.74. The van der Waals surface area contributed by atoms with E-state index in [9.17, 15) is 0 Å². The fourth-order valence-corrected chi connectivity index (χ4v) is 5.89. The first-order chi connectivity index (χ1) is 19.1. The number of fused-ring (bicyclic) bond motifs is 1. The number of benzene rings is 3. The van der Waals surface area contributed by atoms with Crippen LogP contribution in [0, 0.1) is 0 Å². The van der Waals surface area contributed by atoms with Gasteiger partial charge in [0.15, 0.2) is 5.17 Å². The number of nitrogens with zero attached hydrogens (tertiary/aromatic N) is 2. The molecule has 39 heavy (non-hydrogen) atoms. The maximum Gasteiger partial charge on any atom is 0.201 e. The highest BCUT2D eigenvalue weighted by Gasteiger charge is 2.51. The van der Waals surface area contributed by atoms with Gasteiger partial charge in [-0.2, -0.15) is 0 Å². The van der Waals surface area contributed by atoms with Gasteiger partial charge in [0.2, 0.25) is 6.36 Å². The Hall–Kier alpha value is -2.75. The van der Waals surface area contributed by atoms with Gasteiger partial charge in [0.25, 0.3) is 0 Å². The van der Waals surface area contributed by atoms with Gasteiger partial charge < -0.3 is 23.8 Å². The van der Waals surface area contributed by atoms with Crippen LogP contribution in [0.15, 0.2) is 96.0 Å². The molecule has 206 valence electrons. The Kier molecular flexibility index (Phi) is 9.66. The van der Waals surface area contributed by atoms with Gasteiger partial charge in [0, 0.05) is 20.5 Å². The summed E-state index contributed by atoms with van der Waals surface area (Å²) < 4.78 is 40.4. The predicted octanol–water partition coefficient (Wildman–Crippen LogP) is 5.82. The molecule has 5 rings (SSSR count). The Bertz CT molecular complexity index is 1180. The summed E-state index contributed by atoms with van der Waals surface area (Å²) in [6.07, 6.45) is -3.04. The van der Waals surface area contributed by atoms with E-state index in [0.717, 1.165) is 21.9 Å². The van der Waals surface area contributed by atoms with E-state index in [1.807, 2.05) is 110 Å². The molecular weight excluding hydrogens is 515 g/mol. The number of alkyl halides is 1. The molecule has 1 saturated heterocycles. The minimum absolute atomic E-state index is 0.0264. The van der Waals surface area contributed by atoms with E-state index in [2.05, 4.69) is 0 Å². The third kappa shape index (κ3) is 7.47. The third-order valence-electron chi connectivity index (χ3n) is 6.74. The quantitative estimate of drug-likeness (QED) is 0.300. The number of ether oxygens (including phenoxy) is 4. The molecule has 0 radical (unpaired) electrons. The molecular formula is C31H35FN2O4S. The van der Waals surface area contributed by atoms with Crippen molar-refractivity contribution in [2.24, 2.45) is 4.99 Å². The summed E-state index contributed by atoms with van der Waals surface area (Å²) in [5.41, 5.74) is 2.69. The van der Waals surface area contributed by atoms with Gasteiger partial charge in [-0.15, -0.1) is 0 Å². The number of hydrogen-bond donors (Lipinski definition) is 0. The van der Waals surface area contributed by atoms with Crippen LogP contribution < -0.4 is 0 Å². The van der Waals surface area contributed by atoms with Crippen molar-refractivity contribution in [3.8, 4) is 0 Å². The lowest BCUT2D eigenvalue weighted by Gasteiger charge is -2.43. The van der Waals surface area contributed by atoms with E-state index in [1.54, 1.807) is 11.8 Å². The summed E-state index contributed by atoms with van der Waals surface area (Å²) >= 11 is 1.54. The van der Waals surface area contributed by atoms with Crippen molar-refractivity contribution in [3.63, 3.8) is 0 Å². The summed E-state index contributed by atoms with van der Waals surface area (Å²) in [7, 11) is 3.91. The summed E-state index contributed by atoms with van der Waals surface area (Å²) in [6.45, 7) is 0.938. The molecule has 0 N–H and O–H groups in total. The Labute approximate surface area is 234 Å². The van der Waals surface area contributed by atoms with Crippen LogP contribution in [0.3, 0.4) is 0 Å². The van der Waals surface area contributed by atoms with Crippen LogP contribution >= 0.6 is 11.8 Å². The van der Waals surface area contributed by atoms with Crippen molar-refractivity contribution >= 4 is 16.9 Å². The minimum Gasteiger partial charge on any atom is -0.368 e. The number of amidine groups is 1. The van der Waals surface area contributed by atoms with Crippen LogP contribution in [0.4, 0.5) is 4.39 Å². The number of rotatable bonds is 11. The standard InChI is InChI=1S/C31H35FN2O4S/c1-34(2)31-33-27-29(37-21-24-16-10-5-11-17-24)28(36-20-23-14-8-4-9-15-23)25(38-30(27)39-31)18-26(32)35-19-22-12-6-3-7-13-22/h3-17,25-30H,18-21H2,1-2H3/t25-,26-,27+,28-,29+,30+/m0/s1. The largest absolute Gasteiger partial charge is 0.368 e. The molecule has 0 spiro atoms. The lowest BCUT2D eigenvalue weighted by molar-refractivity contribution is -0.212. The highest BCUT2D eigenvalue weighted by Crippen LogP contribution is 2.41. The summed E-state index contributed by atoms with van der Waals surface area (Å²) in [5, 5.41) is 0.859. The van der Waals surface area contributed by atoms with Gasteiger partial charge >= 0.3 is 0 Å². The second kappa shape index (κ2) is 13.5. The maximum absolute atomic E-state index is 15.3. The van der Waals surface area contributed by atoms with E-state index in [0.29, 0.717) is 13.2 Å². The smallest absolute Gasteiger partial charge is 0.201 e. The Balaban J connectivity index is 1.36. The number of thioether (sulfide) groups is 1. The van der Waals surface area contributed by atoms with Gasteiger partial charge in [0.05, 0.1) is 25.9 Å². The lowest BCUT2D eigenvalue weighted by Crippen LogP contribution is -2.57. The van der Waals surface area contributed by atoms with Gasteiger partial charge in [-0.3, -0.25) is 4.99 Å². The molecule has 0 bridgehead atoms. The molecule has 0 aromatic heterocycles. The van der Waals surface area contributed by atoms with Crippen LogP contribution in [-0.4, -0.2) is 60.3 Å². The second-order valence-corrected chi connectivity index (χ2v) is 11.0. The number of hydrogen-bond acceptors (Lipinski definition) is 7. The van der Waals surface area contributed by atoms with E-state index in [4.69, 9.17) is 23.9 Å². The molecule has 3 aromatic rings. The predicted molar refractivity (Wildman–Crippen MR) is 152 cm³/mol. The van der Waals surface area contributed by atoms with Crippen molar-refractivity contribution in [2.75, 3.05) is 14.1 Å². The summed E-state index contributed by atoms with van der Waals surface area (Å²) in [4.78, 5) is 6.92. The Morgan fingerprint density at radius 2 is 1.31 bits per heavy atom. The van der Waals surface area contributed by atoms with Gasteiger partial charge in [-0.25, -0.2) is 4.39 Å². The normalized spacial score (nSPS) is 25.1. The molecule has 3 aromatic carbocycles. The highest BCUT2D eigenvalue weighted by atomic mass is 32.2. The maximum atomic E-state index is 15.3. The van der Waals surface area contributed by atoms with Crippen molar-refractivity contribution in [2.45, 2.75) is 62.4 Å². The van der Waals surface area contributed by atoms with E-state index >= 15 is 4.39 Å². The van der Waals surface area contributed by atoms with Crippen LogP contribution in [0.2, 0.25) is 0 Å². The van der Waals surface area contributed by atoms with Crippen LogP contribution in [0.1, 0.15) is 23.1 Å². The second-order valence-electron chi connectivity index (χ2n) is 9.92. The van der Waals surface area contributed by atoms with Crippen LogP contribution in [0.5, 0.6) is 0 Å². The molecule has 0 aliphatic carbocycles. The average molecular weight is 551 g/mol. The molecule has 1 fully saturated rings. The zero-order valence-corrected chi connectivity index (χ0v) is 23.1. The van der Waals surface area contributed by atoms with Gasteiger partial charge in [-0.1, -0.05) is 103 Å². The first kappa shape index (κ1) is 27.8. The monoisotopic (exact) mass is 550 g/mol. The van der Waals surface area contributed by atoms with Crippen molar-refractivity contribution in [3.05, 3.63) is 108 Å². The van der Waals surface area contributed by atoms with E-state index < -0.39 is 24.7 Å².